The van der Waals surface area contributed by atoms with E-state index in [4.69, 9.17) is 18.9 Å². The van der Waals surface area contributed by atoms with Gasteiger partial charge in [0, 0.05) is 18.6 Å². The summed E-state index contributed by atoms with van der Waals surface area (Å²) in [7, 11) is 6.87. The van der Waals surface area contributed by atoms with E-state index in [2.05, 4.69) is 5.32 Å². The van der Waals surface area contributed by atoms with Gasteiger partial charge in [0.05, 0.1) is 27.9 Å². The Hall–Kier alpha value is -1.46. The molecule has 1 aliphatic heterocycles. The van der Waals surface area contributed by atoms with E-state index >= 15 is 0 Å². The smallest absolute Gasteiger partial charge is 0.203 e. The molecule has 1 N–H and O–H groups in total. The second-order valence-corrected chi connectivity index (χ2v) is 5.20. The van der Waals surface area contributed by atoms with Crippen molar-refractivity contribution in [1.82, 2.24) is 5.32 Å². The summed E-state index contributed by atoms with van der Waals surface area (Å²) >= 11 is 0. The zero-order valence-corrected chi connectivity index (χ0v) is 13.3. The standard InChI is InChI=1S/C16H25NO4/c1-17-15(11-6-5-7-21-10-11)12-8-13(18-2)16(20-4)14(9-12)19-3/h8-9,11,15,17H,5-7,10H2,1-4H3. The molecule has 1 fully saturated rings. The van der Waals surface area contributed by atoms with Gasteiger partial charge in [0.25, 0.3) is 0 Å². The number of nitrogens with one attached hydrogen (secondary N) is 1. The minimum absolute atomic E-state index is 0.207. The van der Waals surface area contributed by atoms with Gasteiger partial charge in [-0.05, 0) is 37.6 Å². The van der Waals surface area contributed by atoms with Gasteiger partial charge in [-0.25, -0.2) is 0 Å². The molecular formula is C16H25NO4. The quantitative estimate of drug-likeness (QED) is 0.873. The second kappa shape index (κ2) is 7.52. The van der Waals surface area contributed by atoms with E-state index in [0.29, 0.717) is 23.2 Å². The zero-order chi connectivity index (χ0) is 15.2. The van der Waals surface area contributed by atoms with Gasteiger partial charge in [-0.3, -0.25) is 0 Å². The van der Waals surface area contributed by atoms with Crippen molar-refractivity contribution in [3.8, 4) is 17.2 Å². The van der Waals surface area contributed by atoms with Crippen LogP contribution in [0.25, 0.3) is 0 Å². The molecule has 0 radical (unpaired) electrons. The molecule has 21 heavy (non-hydrogen) atoms. The summed E-state index contributed by atoms with van der Waals surface area (Å²) in [5.74, 6) is 2.44. The summed E-state index contributed by atoms with van der Waals surface area (Å²) in [4.78, 5) is 0. The third kappa shape index (κ3) is 3.41. The third-order valence-electron chi connectivity index (χ3n) is 4.02. The van der Waals surface area contributed by atoms with Crippen molar-refractivity contribution in [2.45, 2.75) is 18.9 Å². The van der Waals surface area contributed by atoms with Crippen molar-refractivity contribution in [3.63, 3.8) is 0 Å². The Balaban J connectivity index is 2.36. The Morgan fingerprint density at radius 2 is 1.81 bits per heavy atom. The fourth-order valence-electron chi connectivity index (χ4n) is 2.98. The summed E-state index contributed by atoms with van der Waals surface area (Å²) in [6.45, 7) is 1.64. The molecular weight excluding hydrogens is 270 g/mol. The molecule has 2 atom stereocenters. The maximum Gasteiger partial charge on any atom is 0.203 e. The van der Waals surface area contributed by atoms with Gasteiger partial charge >= 0.3 is 0 Å². The van der Waals surface area contributed by atoms with Gasteiger partial charge in [-0.15, -0.1) is 0 Å². The lowest BCUT2D eigenvalue weighted by Gasteiger charge is -2.31. The Labute approximate surface area is 126 Å². The second-order valence-electron chi connectivity index (χ2n) is 5.20. The molecule has 1 saturated heterocycles. The molecule has 1 aromatic rings. The molecule has 2 unspecified atom stereocenters. The Kier molecular flexibility index (Phi) is 5.70. The Bertz CT molecular complexity index is 433. The SMILES string of the molecule is CNC(c1cc(OC)c(OC)c(OC)c1)C1CCCOC1. The topological polar surface area (TPSA) is 49.0 Å². The van der Waals surface area contributed by atoms with E-state index in [0.717, 1.165) is 31.6 Å². The van der Waals surface area contributed by atoms with E-state index in [-0.39, 0.29) is 6.04 Å². The monoisotopic (exact) mass is 295 g/mol. The first kappa shape index (κ1) is 15.9. The highest BCUT2D eigenvalue weighted by atomic mass is 16.5. The zero-order valence-electron chi connectivity index (χ0n) is 13.3. The number of hydrogen-bond acceptors (Lipinski definition) is 5. The predicted octanol–water partition coefficient (Wildman–Crippen LogP) is 2.40. The third-order valence-corrected chi connectivity index (χ3v) is 4.02. The van der Waals surface area contributed by atoms with Gasteiger partial charge in [-0.1, -0.05) is 0 Å². The molecule has 1 heterocycles. The number of methoxy groups -OCH3 is 3. The van der Waals surface area contributed by atoms with Gasteiger partial charge in [0.1, 0.15) is 0 Å². The number of benzene rings is 1. The highest BCUT2D eigenvalue weighted by Gasteiger charge is 2.26. The van der Waals surface area contributed by atoms with E-state index < -0.39 is 0 Å². The lowest BCUT2D eigenvalue weighted by molar-refractivity contribution is 0.0401. The van der Waals surface area contributed by atoms with E-state index in [1.54, 1.807) is 21.3 Å². The fourth-order valence-corrected chi connectivity index (χ4v) is 2.98. The highest BCUT2D eigenvalue weighted by Crippen LogP contribution is 2.41. The summed E-state index contributed by atoms with van der Waals surface area (Å²) in [5, 5.41) is 3.40. The lowest BCUT2D eigenvalue weighted by atomic mass is 9.88. The summed E-state index contributed by atoms with van der Waals surface area (Å²) < 4.78 is 21.9. The molecule has 1 aliphatic rings. The Morgan fingerprint density at radius 1 is 1.14 bits per heavy atom. The lowest BCUT2D eigenvalue weighted by Crippen LogP contribution is -2.31. The molecule has 1 aromatic carbocycles. The number of rotatable bonds is 6. The Morgan fingerprint density at radius 3 is 2.24 bits per heavy atom. The molecule has 0 aliphatic carbocycles. The normalized spacial score (nSPS) is 19.9. The van der Waals surface area contributed by atoms with Crippen LogP contribution in [0.1, 0.15) is 24.4 Å². The van der Waals surface area contributed by atoms with Crippen LogP contribution in [-0.4, -0.2) is 41.6 Å². The molecule has 0 saturated carbocycles. The number of hydrogen-bond donors (Lipinski definition) is 1. The maximum atomic E-state index is 5.62. The minimum Gasteiger partial charge on any atom is -0.493 e. The first-order chi connectivity index (χ1) is 10.2. The summed E-state index contributed by atoms with van der Waals surface area (Å²) in [6, 6.07) is 4.23. The van der Waals surface area contributed by atoms with Crippen LogP contribution in [0.4, 0.5) is 0 Å². The van der Waals surface area contributed by atoms with Gasteiger partial charge < -0.3 is 24.3 Å². The van der Waals surface area contributed by atoms with Crippen LogP contribution in [0, 0.1) is 5.92 Å². The van der Waals surface area contributed by atoms with Crippen LogP contribution < -0.4 is 19.5 Å². The number of ether oxygens (including phenoxy) is 4. The molecule has 0 spiro atoms. The summed E-state index contributed by atoms with van der Waals surface area (Å²) in [6.07, 6.45) is 2.26. The van der Waals surface area contributed by atoms with Gasteiger partial charge in [-0.2, -0.15) is 0 Å². The average molecular weight is 295 g/mol. The van der Waals surface area contributed by atoms with Gasteiger partial charge in [0.2, 0.25) is 5.75 Å². The maximum absolute atomic E-state index is 5.62. The minimum atomic E-state index is 0.207. The molecule has 0 bridgehead atoms. The van der Waals surface area contributed by atoms with E-state index in [1.165, 1.54) is 0 Å². The van der Waals surface area contributed by atoms with E-state index in [9.17, 15) is 0 Å². The van der Waals surface area contributed by atoms with Crippen molar-refractivity contribution >= 4 is 0 Å². The van der Waals surface area contributed by atoms with Crippen molar-refractivity contribution in [2.75, 3.05) is 41.6 Å². The van der Waals surface area contributed by atoms with Crippen LogP contribution in [0.15, 0.2) is 12.1 Å². The first-order valence-electron chi connectivity index (χ1n) is 7.30. The molecule has 5 heteroatoms. The molecule has 0 aromatic heterocycles. The van der Waals surface area contributed by atoms with Crippen molar-refractivity contribution in [1.29, 1.82) is 0 Å². The summed E-state index contributed by atoms with van der Waals surface area (Å²) in [5.41, 5.74) is 1.13. The highest BCUT2D eigenvalue weighted by molar-refractivity contribution is 5.54. The fraction of sp³-hybridized carbons (Fsp3) is 0.625. The van der Waals surface area contributed by atoms with Crippen molar-refractivity contribution < 1.29 is 18.9 Å². The van der Waals surface area contributed by atoms with Gasteiger partial charge in [0.15, 0.2) is 11.5 Å². The van der Waals surface area contributed by atoms with E-state index in [1.807, 2.05) is 19.2 Å². The predicted molar refractivity (Wildman–Crippen MR) is 81.4 cm³/mol. The van der Waals surface area contributed by atoms with Crippen LogP contribution in [0.2, 0.25) is 0 Å². The van der Waals surface area contributed by atoms with Crippen LogP contribution in [0.3, 0.4) is 0 Å². The molecule has 5 nitrogen and oxygen atoms in total. The average Bonchev–Trinajstić information content (AvgIpc) is 2.55. The van der Waals surface area contributed by atoms with Crippen LogP contribution in [0.5, 0.6) is 17.2 Å². The largest absolute Gasteiger partial charge is 0.493 e. The molecule has 0 amide bonds. The van der Waals surface area contributed by atoms with Crippen molar-refractivity contribution in [2.24, 2.45) is 5.92 Å². The van der Waals surface area contributed by atoms with Crippen molar-refractivity contribution in [3.05, 3.63) is 17.7 Å². The van der Waals surface area contributed by atoms with Crippen LogP contribution in [-0.2, 0) is 4.74 Å². The first-order valence-corrected chi connectivity index (χ1v) is 7.30. The van der Waals surface area contributed by atoms with Crippen LogP contribution >= 0.6 is 0 Å². The molecule has 2 rings (SSSR count). The molecule has 118 valence electrons.